The van der Waals surface area contributed by atoms with E-state index in [1.807, 2.05) is 0 Å². The number of carboxylic acid groups (broad SMARTS) is 1. The van der Waals surface area contributed by atoms with E-state index in [0.717, 1.165) is 5.56 Å². The number of ketones is 1. The third kappa shape index (κ3) is 3.99. The molecular formula is C12H14N2O4. The van der Waals surface area contributed by atoms with Crippen molar-refractivity contribution in [1.82, 2.24) is 0 Å². The Balaban J connectivity index is 2.66. The van der Waals surface area contributed by atoms with Crippen molar-refractivity contribution >= 4 is 23.3 Å². The standard InChI is InChI=1S/C12H14N2O4/c1-7(15)11(16)14-9-4-2-8(3-5-9)6-10(13)12(17)18/h2-5,10H,6,13H2,1H3,(H,14,16)(H,17,18). The largest absolute Gasteiger partial charge is 0.480 e. The maximum Gasteiger partial charge on any atom is 0.320 e. The van der Waals surface area contributed by atoms with Crippen molar-refractivity contribution in [2.24, 2.45) is 5.73 Å². The normalized spacial score (nSPS) is 11.7. The van der Waals surface area contributed by atoms with Crippen LogP contribution < -0.4 is 11.1 Å². The van der Waals surface area contributed by atoms with Crippen LogP contribution in [0.4, 0.5) is 5.69 Å². The molecule has 6 heteroatoms. The van der Waals surface area contributed by atoms with Gasteiger partial charge in [0.25, 0.3) is 5.91 Å². The summed E-state index contributed by atoms with van der Waals surface area (Å²) in [5.74, 6) is -2.33. The molecule has 1 atom stereocenters. The van der Waals surface area contributed by atoms with Gasteiger partial charge in [-0.15, -0.1) is 0 Å². The van der Waals surface area contributed by atoms with Gasteiger partial charge < -0.3 is 16.2 Å². The second-order valence-corrected chi connectivity index (χ2v) is 3.86. The van der Waals surface area contributed by atoms with Gasteiger partial charge in [0.2, 0.25) is 5.78 Å². The number of benzene rings is 1. The van der Waals surface area contributed by atoms with Gasteiger partial charge in [-0.1, -0.05) is 12.1 Å². The first-order valence-electron chi connectivity index (χ1n) is 5.29. The number of carboxylic acids is 1. The number of Topliss-reactive ketones (excluding diaryl/α,β-unsaturated/α-hetero) is 1. The number of aliphatic carboxylic acids is 1. The van der Waals surface area contributed by atoms with Gasteiger partial charge in [-0.05, 0) is 24.1 Å². The summed E-state index contributed by atoms with van der Waals surface area (Å²) in [6.07, 6.45) is 0.205. The van der Waals surface area contributed by atoms with E-state index in [1.54, 1.807) is 24.3 Å². The summed E-state index contributed by atoms with van der Waals surface area (Å²) in [7, 11) is 0. The van der Waals surface area contributed by atoms with E-state index >= 15 is 0 Å². The molecule has 4 N–H and O–H groups in total. The molecule has 0 fully saturated rings. The second-order valence-electron chi connectivity index (χ2n) is 3.86. The number of hydrogen-bond acceptors (Lipinski definition) is 4. The molecule has 0 heterocycles. The number of carbonyl (C=O) groups excluding carboxylic acids is 2. The SMILES string of the molecule is CC(=O)C(=O)Nc1ccc(CC(N)C(=O)O)cc1. The highest BCUT2D eigenvalue weighted by Crippen LogP contribution is 2.11. The Labute approximate surface area is 104 Å². The van der Waals surface area contributed by atoms with E-state index in [9.17, 15) is 14.4 Å². The van der Waals surface area contributed by atoms with Gasteiger partial charge in [-0.25, -0.2) is 0 Å². The molecule has 0 radical (unpaired) electrons. The Morgan fingerprint density at radius 1 is 1.28 bits per heavy atom. The lowest BCUT2D eigenvalue weighted by Crippen LogP contribution is -2.32. The van der Waals surface area contributed by atoms with Gasteiger partial charge in [0, 0.05) is 12.6 Å². The minimum Gasteiger partial charge on any atom is -0.480 e. The van der Waals surface area contributed by atoms with Crippen LogP contribution in [0.3, 0.4) is 0 Å². The molecule has 0 bridgehead atoms. The van der Waals surface area contributed by atoms with Crippen molar-refractivity contribution in [3.8, 4) is 0 Å². The topological polar surface area (TPSA) is 109 Å². The molecule has 1 unspecified atom stereocenters. The molecule has 96 valence electrons. The summed E-state index contributed by atoms with van der Waals surface area (Å²) in [5, 5.41) is 11.1. The fourth-order valence-electron chi connectivity index (χ4n) is 1.28. The molecular weight excluding hydrogens is 236 g/mol. The van der Waals surface area contributed by atoms with Crippen LogP contribution in [-0.4, -0.2) is 28.8 Å². The zero-order valence-electron chi connectivity index (χ0n) is 9.84. The average molecular weight is 250 g/mol. The molecule has 0 saturated carbocycles. The van der Waals surface area contributed by atoms with E-state index in [1.165, 1.54) is 6.92 Å². The lowest BCUT2D eigenvalue weighted by molar-refractivity contribution is -0.138. The number of carbonyl (C=O) groups is 3. The third-order valence-corrected chi connectivity index (χ3v) is 2.30. The Morgan fingerprint density at radius 2 is 1.83 bits per heavy atom. The summed E-state index contributed by atoms with van der Waals surface area (Å²) in [6.45, 7) is 1.18. The molecule has 0 aromatic heterocycles. The first kappa shape index (κ1) is 13.9. The molecule has 1 aromatic rings. The van der Waals surface area contributed by atoms with E-state index in [0.29, 0.717) is 5.69 Å². The molecule has 0 saturated heterocycles. The fourth-order valence-corrected chi connectivity index (χ4v) is 1.28. The predicted molar refractivity (Wildman–Crippen MR) is 65.1 cm³/mol. The zero-order chi connectivity index (χ0) is 13.7. The Morgan fingerprint density at radius 3 is 2.28 bits per heavy atom. The van der Waals surface area contributed by atoms with E-state index in [2.05, 4.69) is 5.32 Å². The molecule has 6 nitrogen and oxygen atoms in total. The quantitative estimate of drug-likeness (QED) is 0.645. The van der Waals surface area contributed by atoms with Gasteiger partial charge in [-0.3, -0.25) is 14.4 Å². The van der Waals surface area contributed by atoms with Crippen molar-refractivity contribution < 1.29 is 19.5 Å². The van der Waals surface area contributed by atoms with Gasteiger partial charge in [0.05, 0.1) is 0 Å². The van der Waals surface area contributed by atoms with Crippen molar-refractivity contribution in [2.45, 2.75) is 19.4 Å². The monoisotopic (exact) mass is 250 g/mol. The number of anilines is 1. The number of nitrogens with two attached hydrogens (primary N) is 1. The highest BCUT2D eigenvalue weighted by molar-refractivity contribution is 6.39. The minimum absolute atomic E-state index is 0.205. The minimum atomic E-state index is -1.07. The zero-order valence-corrected chi connectivity index (χ0v) is 9.84. The van der Waals surface area contributed by atoms with E-state index < -0.39 is 23.7 Å². The smallest absolute Gasteiger partial charge is 0.320 e. The number of hydrogen-bond donors (Lipinski definition) is 3. The Hall–Kier alpha value is -2.21. The summed E-state index contributed by atoms with van der Waals surface area (Å²) in [4.78, 5) is 32.4. The van der Waals surface area contributed by atoms with Gasteiger partial charge in [0.1, 0.15) is 6.04 Å². The van der Waals surface area contributed by atoms with Crippen LogP contribution in [0, 0.1) is 0 Å². The van der Waals surface area contributed by atoms with Crippen molar-refractivity contribution in [3.05, 3.63) is 29.8 Å². The Kier molecular flexibility index (Phi) is 4.56. The molecule has 18 heavy (non-hydrogen) atoms. The summed E-state index contributed by atoms with van der Waals surface area (Å²) in [6, 6.07) is 5.52. The second kappa shape index (κ2) is 5.92. The van der Waals surface area contributed by atoms with Crippen molar-refractivity contribution in [1.29, 1.82) is 0 Å². The Bertz CT molecular complexity index is 467. The van der Waals surface area contributed by atoms with Crippen LogP contribution in [0.5, 0.6) is 0 Å². The lowest BCUT2D eigenvalue weighted by atomic mass is 10.1. The summed E-state index contributed by atoms with van der Waals surface area (Å²) >= 11 is 0. The lowest BCUT2D eigenvalue weighted by Gasteiger charge is -2.07. The molecule has 0 aliphatic heterocycles. The van der Waals surface area contributed by atoms with Crippen LogP contribution in [0.15, 0.2) is 24.3 Å². The first-order valence-corrected chi connectivity index (χ1v) is 5.29. The predicted octanol–water partition coefficient (Wildman–Crippen LogP) is 0.169. The molecule has 1 amide bonds. The summed E-state index contributed by atoms with van der Waals surface area (Å²) in [5.41, 5.74) is 6.61. The van der Waals surface area contributed by atoms with E-state index in [-0.39, 0.29) is 6.42 Å². The van der Waals surface area contributed by atoms with Gasteiger partial charge in [-0.2, -0.15) is 0 Å². The number of nitrogens with one attached hydrogen (secondary N) is 1. The number of rotatable bonds is 5. The van der Waals surface area contributed by atoms with Gasteiger partial charge >= 0.3 is 5.97 Å². The molecule has 1 aromatic carbocycles. The van der Waals surface area contributed by atoms with Crippen molar-refractivity contribution in [3.63, 3.8) is 0 Å². The molecule has 1 rings (SSSR count). The van der Waals surface area contributed by atoms with Crippen LogP contribution in [0.2, 0.25) is 0 Å². The third-order valence-electron chi connectivity index (χ3n) is 2.30. The van der Waals surface area contributed by atoms with E-state index in [4.69, 9.17) is 10.8 Å². The van der Waals surface area contributed by atoms with Crippen LogP contribution in [0.1, 0.15) is 12.5 Å². The maximum absolute atomic E-state index is 11.1. The highest BCUT2D eigenvalue weighted by Gasteiger charge is 2.12. The van der Waals surface area contributed by atoms with Crippen LogP contribution in [0.25, 0.3) is 0 Å². The molecule has 0 aliphatic carbocycles. The molecule has 0 spiro atoms. The maximum atomic E-state index is 11.1. The number of amides is 1. The van der Waals surface area contributed by atoms with Crippen molar-refractivity contribution in [2.75, 3.05) is 5.32 Å². The van der Waals surface area contributed by atoms with Crippen LogP contribution >= 0.6 is 0 Å². The van der Waals surface area contributed by atoms with Gasteiger partial charge in [0.15, 0.2) is 0 Å². The fraction of sp³-hybridized carbons (Fsp3) is 0.250. The molecule has 0 aliphatic rings. The summed E-state index contributed by atoms with van der Waals surface area (Å²) < 4.78 is 0. The van der Waals surface area contributed by atoms with Crippen LogP contribution in [-0.2, 0) is 20.8 Å². The average Bonchev–Trinajstić information content (AvgIpc) is 2.31. The first-order chi connectivity index (χ1) is 8.40. The highest BCUT2D eigenvalue weighted by atomic mass is 16.4.